The van der Waals surface area contributed by atoms with Crippen LogP contribution in [0.4, 0.5) is 0 Å². The lowest BCUT2D eigenvalue weighted by Crippen LogP contribution is -2.30. The topological polar surface area (TPSA) is 78.9 Å². The second-order valence-corrected chi connectivity index (χ2v) is 25.6. The highest BCUT2D eigenvalue weighted by atomic mass is 16.6. The lowest BCUT2D eigenvalue weighted by molar-refractivity contribution is -0.167. The standard InChI is InChI=1S/C77H144O6/c1-4-7-10-13-16-19-22-24-26-28-30-32-34-36-37-38-39-40-42-43-45-47-49-51-53-55-58-61-64-67-70-76(79)82-73-74(72-81-75(78)69-66-63-60-57-21-18-15-12-9-6-3)83-77(80)71-68-65-62-59-56-54-52-50-48-46-44-41-35-33-31-29-27-25-23-20-17-14-11-8-5-2/h12,15,23,25,29,31,74H,4-11,13-14,16-22,24,26-28,30,32-73H2,1-3H3/b15-12-,25-23-,31-29-. The summed E-state index contributed by atoms with van der Waals surface area (Å²) in [6, 6.07) is 0. The summed E-state index contributed by atoms with van der Waals surface area (Å²) in [4.78, 5) is 38.4. The molecule has 0 saturated heterocycles. The van der Waals surface area contributed by atoms with Gasteiger partial charge in [-0.15, -0.1) is 0 Å². The van der Waals surface area contributed by atoms with Crippen LogP contribution in [0.5, 0.6) is 0 Å². The van der Waals surface area contributed by atoms with Gasteiger partial charge >= 0.3 is 17.9 Å². The van der Waals surface area contributed by atoms with Gasteiger partial charge < -0.3 is 14.2 Å². The van der Waals surface area contributed by atoms with E-state index in [0.29, 0.717) is 19.3 Å². The Balaban J connectivity index is 4.09. The van der Waals surface area contributed by atoms with E-state index in [1.807, 2.05) is 0 Å². The molecule has 0 N–H and O–H groups in total. The molecule has 0 bridgehead atoms. The molecule has 0 aromatic carbocycles. The second kappa shape index (κ2) is 72.1. The van der Waals surface area contributed by atoms with Crippen molar-refractivity contribution >= 4 is 17.9 Å². The molecular formula is C77H144O6. The maximum atomic E-state index is 12.9. The van der Waals surface area contributed by atoms with Crippen molar-refractivity contribution in [3.05, 3.63) is 36.5 Å². The minimum Gasteiger partial charge on any atom is -0.462 e. The highest BCUT2D eigenvalue weighted by Gasteiger charge is 2.20. The number of esters is 3. The molecule has 0 fully saturated rings. The molecule has 83 heavy (non-hydrogen) atoms. The SMILES string of the molecule is CCC/C=C\CCCCCCCC(=O)OCC(COC(=O)CCCCCCCCCCCCCCCCCCCCCCCCCCCCCCCC)OC(=O)CCCCCCCCCCCCCCC/C=C\C/C=C\CCCCCCC. The van der Waals surface area contributed by atoms with Gasteiger partial charge in [0.25, 0.3) is 0 Å². The van der Waals surface area contributed by atoms with E-state index < -0.39 is 6.10 Å². The Morgan fingerprint density at radius 3 is 0.723 bits per heavy atom. The molecule has 0 radical (unpaired) electrons. The zero-order valence-corrected chi connectivity index (χ0v) is 56.2. The molecule has 0 heterocycles. The fourth-order valence-electron chi connectivity index (χ4n) is 11.5. The van der Waals surface area contributed by atoms with Crippen LogP contribution in [0.1, 0.15) is 419 Å². The summed E-state index contributed by atoms with van der Waals surface area (Å²) in [5.41, 5.74) is 0. The number of carbonyl (C=O) groups excluding carboxylic acids is 3. The molecule has 0 aliphatic carbocycles. The van der Waals surface area contributed by atoms with Crippen molar-refractivity contribution < 1.29 is 28.6 Å². The maximum absolute atomic E-state index is 12.9. The minimum atomic E-state index is -0.774. The summed E-state index contributed by atoms with van der Waals surface area (Å²) < 4.78 is 17.0. The van der Waals surface area contributed by atoms with Crippen LogP contribution in [0.15, 0.2) is 36.5 Å². The summed E-state index contributed by atoms with van der Waals surface area (Å²) in [5.74, 6) is -0.854. The lowest BCUT2D eigenvalue weighted by atomic mass is 10.0. The van der Waals surface area contributed by atoms with E-state index >= 15 is 0 Å². The number of allylic oxidation sites excluding steroid dienone is 6. The molecule has 0 spiro atoms. The van der Waals surface area contributed by atoms with Crippen molar-refractivity contribution in [3.63, 3.8) is 0 Å². The zero-order valence-electron chi connectivity index (χ0n) is 56.2. The third-order valence-electron chi connectivity index (χ3n) is 17.1. The highest BCUT2D eigenvalue weighted by Crippen LogP contribution is 2.19. The molecule has 6 nitrogen and oxygen atoms in total. The van der Waals surface area contributed by atoms with Crippen LogP contribution >= 0.6 is 0 Å². The third-order valence-corrected chi connectivity index (χ3v) is 17.1. The van der Waals surface area contributed by atoms with E-state index in [0.717, 1.165) is 77.0 Å². The molecule has 1 unspecified atom stereocenters. The number of unbranched alkanes of at least 4 members (excludes halogenated alkanes) is 53. The first-order valence-corrected chi connectivity index (χ1v) is 37.5. The van der Waals surface area contributed by atoms with Crippen molar-refractivity contribution in [3.8, 4) is 0 Å². The van der Waals surface area contributed by atoms with E-state index in [-0.39, 0.29) is 31.1 Å². The number of carbonyl (C=O) groups is 3. The first-order chi connectivity index (χ1) is 41.0. The Morgan fingerprint density at radius 1 is 0.241 bits per heavy atom. The number of rotatable bonds is 70. The molecule has 0 rings (SSSR count). The van der Waals surface area contributed by atoms with Gasteiger partial charge in [0, 0.05) is 19.3 Å². The van der Waals surface area contributed by atoms with Crippen molar-refractivity contribution in [2.45, 2.75) is 425 Å². The first kappa shape index (κ1) is 80.6. The third kappa shape index (κ3) is 70.3. The van der Waals surface area contributed by atoms with Crippen molar-refractivity contribution in [1.82, 2.24) is 0 Å². The van der Waals surface area contributed by atoms with Gasteiger partial charge in [-0.05, 0) is 70.6 Å². The second-order valence-electron chi connectivity index (χ2n) is 25.6. The summed E-state index contributed by atoms with van der Waals surface area (Å²) in [5, 5.41) is 0. The Kier molecular flexibility index (Phi) is 70.0. The first-order valence-electron chi connectivity index (χ1n) is 37.5. The van der Waals surface area contributed by atoms with Crippen molar-refractivity contribution in [1.29, 1.82) is 0 Å². The fourth-order valence-corrected chi connectivity index (χ4v) is 11.5. The average molecular weight is 1170 g/mol. The van der Waals surface area contributed by atoms with Gasteiger partial charge in [-0.1, -0.05) is 365 Å². The van der Waals surface area contributed by atoms with Crippen molar-refractivity contribution in [2.75, 3.05) is 13.2 Å². The van der Waals surface area contributed by atoms with Crippen LogP contribution in [-0.2, 0) is 28.6 Å². The summed E-state index contributed by atoms with van der Waals surface area (Å²) >= 11 is 0. The highest BCUT2D eigenvalue weighted by molar-refractivity contribution is 5.71. The molecule has 0 aliphatic heterocycles. The van der Waals surface area contributed by atoms with Gasteiger partial charge in [0.05, 0.1) is 0 Å². The van der Waals surface area contributed by atoms with Crippen LogP contribution in [0.25, 0.3) is 0 Å². The van der Waals surface area contributed by atoms with Crippen LogP contribution in [0.3, 0.4) is 0 Å². The van der Waals surface area contributed by atoms with Crippen molar-refractivity contribution in [2.24, 2.45) is 0 Å². The number of hydrogen-bond acceptors (Lipinski definition) is 6. The molecule has 1 atom stereocenters. The molecule has 6 heteroatoms. The molecule has 0 aromatic heterocycles. The molecule has 0 aromatic rings. The van der Waals surface area contributed by atoms with Gasteiger partial charge in [0.15, 0.2) is 6.10 Å². The van der Waals surface area contributed by atoms with E-state index in [2.05, 4.69) is 57.2 Å². The van der Waals surface area contributed by atoms with Crippen LogP contribution in [0, 0.1) is 0 Å². The molecular weight excluding hydrogens is 1020 g/mol. The van der Waals surface area contributed by atoms with E-state index in [1.54, 1.807) is 0 Å². The minimum absolute atomic E-state index is 0.0701. The average Bonchev–Trinajstić information content (AvgIpc) is 3.48. The Bertz CT molecular complexity index is 1380. The van der Waals surface area contributed by atoms with E-state index in [4.69, 9.17) is 14.2 Å². The van der Waals surface area contributed by atoms with Crippen LogP contribution < -0.4 is 0 Å². The van der Waals surface area contributed by atoms with Crippen LogP contribution in [0.2, 0.25) is 0 Å². The lowest BCUT2D eigenvalue weighted by Gasteiger charge is -2.18. The van der Waals surface area contributed by atoms with Gasteiger partial charge in [0.2, 0.25) is 0 Å². The predicted molar refractivity (Wildman–Crippen MR) is 362 cm³/mol. The van der Waals surface area contributed by atoms with Gasteiger partial charge in [-0.3, -0.25) is 14.4 Å². The largest absolute Gasteiger partial charge is 0.462 e. The molecule has 0 amide bonds. The fraction of sp³-hybridized carbons (Fsp3) is 0.883. The summed E-state index contributed by atoms with van der Waals surface area (Å²) in [6.45, 7) is 6.64. The zero-order chi connectivity index (χ0) is 59.9. The van der Waals surface area contributed by atoms with Gasteiger partial charge in [-0.25, -0.2) is 0 Å². The predicted octanol–water partition coefficient (Wildman–Crippen LogP) is 25.9. The van der Waals surface area contributed by atoms with Gasteiger partial charge in [0.1, 0.15) is 13.2 Å². The smallest absolute Gasteiger partial charge is 0.306 e. The van der Waals surface area contributed by atoms with E-state index in [1.165, 1.54) is 302 Å². The summed E-state index contributed by atoms with van der Waals surface area (Å²) in [6.07, 6.45) is 90.7. The quantitative estimate of drug-likeness (QED) is 0.0261. The molecule has 0 saturated carbocycles. The van der Waals surface area contributed by atoms with Crippen LogP contribution in [-0.4, -0.2) is 37.2 Å². The van der Waals surface area contributed by atoms with Gasteiger partial charge in [-0.2, -0.15) is 0 Å². The Morgan fingerprint density at radius 2 is 0.458 bits per heavy atom. The monoisotopic (exact) mass is 1170 g/mol. The maximum Gasteiger partial charge on any atom is 0.306 e. The number of ether oxygens (including phenoxy) is 3. The normalized spacial score (nSPS) is 12.2. The Labute approximate surface area is 518 Å². The molecule has 488 valence electrons. The van der Waals surface area contributed by atoms with E-state index in [9.17, 15) is 14.4 Å². The number of hydrogen-bond donors (Lipinski definition) is 0. The molecule has 0 aliphatic rings. The Hall–Kier alpha value is -2.37. The summed E-state index contributed by atoms with van der Waals surface area (Å²) in [7, 11) is 0.